The second-order valence-corrected chi connectivity index (χ2v) is 12.1. The number of piperidine rings is 1. The summed E-state index contributed by atoms with van der Waals surface area (Å²) in [5, 5.41) is 4.25. The standard InChI is InChI=1S/C21H18Cl4N2O2S2/c22-14-7-13(8-15(23)10-14)9-16-12-30-21(26-16)27-5-3-17(4-6-27)31(28,29)18-1-2-19(24)20(25)11-18/h1-2,7-8,10-12,17H,3-6,9H2. The van der Waals surface area contributed by atoms with Crippen molar-refractivity contribution in [3.05, 3.63) is 73.1 Å². The minimum atomic E-state index is -3.46. The maximum absolute atomic E-state index is 13.0. The van der Waals surface area contributed by atoms with Gasteiger partial charge in [0.05, 0.1) is 25.9 Å². The minimum absolute atomic E-state index is 0.220. The summed E-state index contributed by atoms with van der Waals surface area (Å²) in [7, 11) is -3.46. The molecule has 1 aliphatic heterocycles. The lowest BCUT2D eigenvalue weighted by atomic mass is 10.1. The molecule has 4 nitrogen and oxygen atoms in total. The van der Waals surface area contributed by atoms with Crippen LogP contribution in [0.25, 0.3) is 0 Å². The number of rotatable bonds is 5. The fourth-order valence-electron chi connectivity index (χ4n) is 3.65. The van der Waals surface area contributed by atoms with Crippen LogP contribution < -0.4 is 4.90 Å². The number of nitrogens with zero attached hydrogens (tertiary/aromatic N) is 2. The maximum Gasteiger partial charge on any atom is 0.185 e. The third kappa shape index (κ3) is 5.32. The molecule has 0 saturated carbocycles. The summed E-state index contributed by atoms with van der Waals surface area (Å²) in [6.45, 7) is 1.25. The van der Waals surface area contributed by atoms with Crippen molar-refractivity contribution in [3.8, 4) is 0 Å². The minimum Gasteiger partial charge on any atom is -0.348 e. The number of aromatic nitrogens is 1. The summed E-state index contributed by atoms with van der Waals surface area (Å²) >= 11 is 25.7. The molecule has 1 fully saturated rings. The Hall–Kier alpha value is -1.02. The molecule has 2 heterocycles. The van der Waals surface area contributed by atoms with Gasteiger partial charge in [0.2, 0.25) is 0 Å². The lowest BCUT2D eigenvalue weighted by Gasteiger charge is -2.31. The molecule has 0 bridgehead atoms. The molecule has 4 rings (SSSR count). The Balaban J connectivity index is 1.41. The number of halogens is 4. The van der Waals surface area contributed by atoms with E-state index in [-0.39, 0.29) is 9.92 Å². The fourth-order valence-corrected chi connectivity index (χ4v) is 7.22. The Bertz CT molecular complexity index is 1190. The van der Waals surface area contributed by atoms with E-state index in [4.69, 9.17) is 51.4 Å². The normalized spacial score (nSPS) is 15.4. The molecule has 1 aliphatic rings. The van der Waals surface area contributed by atoms with Crippen LogP contribution in [0.15, 0.2) is 46.7 Å². The van der Waals surface area contributed by atoms with Gasteiger partial charge >= 0.3 is 0 Å². The first-order valence-electron chi connectivity index (χ1n) is 9.55. The van der Waals surface area contributed by atoms with Crippen molar-refractivity contribution in [3.63, 3.8) is 0 Å². The second kappa shape index (κ2) is 9.46. The first kappa shape index (κ1) is 23.1. The third-order valence-corrected chi connectivity index (χ3v) is 9.60. The molecular weight excluding hydrogens is 518 g/mol. The first-order chi connectivity index (χ1) is 14.7. The van der Waals surface area contributed by atoms with Crippen molar-refractivity contribution >= 4 is 72.7 Å². The molecular formula is C21H18Cl4N2O2S2. The zero-order valence-corrected chi connectivity index (χ0v) is 20.9. The summed E-state index contributed by atoms with van der Waals surface area (Å²) in [4.78, 5) is 7.09. The Morgan fingerprint density at radius 2 is 1.65 bits per heavy atom. The first-order valence-corrected chi connectivity index (χ1v) is 13.5. The monoisotopic (exact) mass is 534 g/mol. The van der Waals surface area contributed by atoms with Gasteiger partial charge in [0.25, 0.3) is 0 Å². The highest BCUT2D eigenvalue weighted by molar-refractivity contribution is 7.92. The van der Waals surface area contributed by atoms with Crippen molar-refractivity contribution in [1.82, 2.24) is 4.98 Å². The Morgan fingerprint density at radius 1 is 0.968 bits per heavy atom. The topological polar surface area (TPSA) is 50.3 Å². The Labute approximate surface area is 205 Å². The number of sulfone groups is 1. The summed E-state index contributed by atoms with van der Waals surface area (Å²) in [6.07, 6.45) is 1.70. The fraction of sp³-hybridized carbons (Fsp3) is 0.286. The lowest BCUT2D eigenvalue weighted by Crippen LogP contribution is -2.39. The molecule has 0 N–H and O–H groups in total. The highest BCUT2D eigenvalue weighted by atomic mass is 35.5. The molecule has 2 aromatic carbocycles. The zero-order valence-electron chi connectivity index (χ0n) is 16.2. The van der Waals surface area contributed by atoms with E-state index in [9.17, 15) is 8.42 Å². The highest BCUT2D eigenvalue weighted by Crippen LogP contribution is 2.32. The van der Waals surface area contributed by atoms with Crippen LogP contribution in [0.4, 0.5) is 5.13 Å². The van der Waals surface area contributed by atoms with Gasteiger partial charge in [-0.3, -0.25) is 0 Å². The summed E-state index contributed by atoms with van der Waals surface area (Å²) in [5.41, 5.74) is 1.93. The van der Waals surface area contributed by atoms with Crippen molar-refractivity contribution in [2.75, 3.05) is 18.0 Å². The molecule has 3 aromatic rings. The van der Waals surface area contributed by atoms with Gasteiger partial charge in [0.1, 0.15) is 0 Å². The van der Waals surface area contributed by atoms with Crippen LogP contribution in [-0.4, -0.2) is 31.7 Å². The average Bonchev–Trinajstić information content (AvgIpc) is 3.17. The number of hydrogen-bond donors (Lipinski definition) is 0. The summed E-state index contributed by atoms with van der Waals surface area (Å²) in [5.74, 6) is 0. The van der Waals surface area contributed by atoms with Gasteiger partial charge in [-0.25, -0.2) is 13.4 Å². The van der Waals surface area contributed by atoms with Gasteiger partial charge in [-0.15, -0.1) is 11.3 Å². The molecule has 0 amide bonds. The van der Waals surface area contributed by atoms with E-state index in [1.165, 1.54) is 18.2 Å². The van der Waals surface area contributed by atoms with E-state index < -0.39 is 15.1 Å². The van der Waals surface area contributed by atoms with Crippen LogP contribution >= 0.6 is 57.7 Å². The number of anilines is 1. The van der Waals surface area contributed by atoms with Crippen LogP contribution in [0.1, 0.15) is 24.1 Å². The Kier molecular flexibility index (Phi) is 7.06. The van der Waals surface area contributed by atoms with Crippen LogP contribution in [0.3, 0.4) is 0 Å². The molecule has 164 valence electrons. The average molecular weight is 536 g/mol. The van der Waals surface area contributed by atoms with Gasteiger partial charge in [0, 0.05) is 34.9 Å². The lowest BCUT2D eigenvalue weighted by molar-refractivity contribution is 0.529. The summed E-state index contributed by atoms with van der Waals surface area (Å²) < 4.78 is 26.0. The van der Waals surface area contributed by atoms with Gasteiger partial charge in [0.15, 0.2) is 15.0 Å². The van der Waals surface area contributed by atoms with Crippen LogP contribution in [-0.2, 0) is 16.3 Å². The van der Waals surface area contributed by atoms with Gasteiger partial charge in [-0.05, 0) is 54.8 Å². The predicted molar refractivity (Wildman–Crippen MR) is 130 cm³/mol. The molecule has 10 heteroatoms. The molecule has 0 spiro atoms. The third-order valence-electron chi connectivity index (χ3n) is 5.22. The second-order valence-electron chi connectivity index (χ2n) is 7.38. The Morgan fingerprint density at radius 3 is 2.29 bits per heavy atom. The van der Waals surface area contributed by atoms with E-state index in [0.717, 1.165) is 16.4 Å². The van der Waals surface area contributed by atoms with E-state index in [0.29, 0.717) is 47.4 Å². The molecule has 1 saturated heterocycles. The molecule has 0 radical (unpaired) electrons. The number of benzene rings is 2. The SMILES string of the molecule is O=S(=O)(c1ccc(Cl)c(Cl)c1)C1CCN(c2nc(Cc3cc(Cl)cc(Cl)c3)cs2)CC1. The van der Waals surface area contributed by atoms with E-state index >= 15 is 0 Å². The van der Waals surface area contributed by atoms with Crippen molar-refractivity contribution < 1.29 is 8.42 Å². The van der Waals surface area contributed by atoms with E-state index in [2.05, 4.69) is 4.90 Å². The highest BCUT2D eigenvalue weighted by Gasteiger charge is 2.32. The molecule has 31 heavy (non-hydrogen) atoms. The van der Waals surface area contributed by atoms with Gasteiger partial charge < -0.3 is 4.90 Å². The molecule has 0 unspecified atom stereocenters. The predicted octanol–water partition coefficient (Wildman–Crippen LogP) is 6.79. The van der Waals surface area contributed by atoms with Crippen LogP contribution in [0.5, 0.6) is 0 Å². The van der Waals surface area contributed by atoms with Crippen LogP contribution in [0, 0.1) is 0 Å². The quantitative estimate of drug-likeness (QED) is 0.361. The van der Waals surface area contributed by atoms with Crippen molar-refractivity contribution in [2.45, 2.75) is 29.4 Å². The van der Waals surface area contributed by atoms with E-state index in [1.54, 1.807) is 17.4 Å². The van der Waals surface area contributed by atoms with Crippen molar-refractivity contribution in [1.29, 1.82) is 0 Å². The number of thiazole rings is 1. The van der Waals surface area contributed by atoms with Gasteiger partial charge in [-0.1, -0.05) is 46.4 Å². The molecule has 0 aliphatic carbocycles. The molecule has 0 atom stereocenters. The molecule has 1 aromatic heterocycles. The smallest absolute Gasteiger partial charge is 0.185 e. The van der Waals surface area contributed by atoms with E-state index in [1.807, 2.05) is 17.5 Å². The largest absolute Gasteiger partial charge is 0.348 e. The number of hydrogen-bond acceptors (Lipinski definition) is 5. The summed E-state index contributed by atoms with van der Waals surface area (Å²) in [6, 6.07) is 9.94. The van der Waals surface area contributed by atoms with Gasteiger partial charge in [-0.2, -0.15) is 0 Å². The van der Waals surface area contributed by atoms with Crippen LogP contribution in [0.2, 0.25) is 20.1 Å². The maximum atomic E-state index is 13.0. The zero-order chi connectivity index (χ0) is 22.2. The van der Waals surface area contributed by atoms with Crippen molar-refractivity contribution in [2.24, 2.45) is 0 Å².